The number of nitrogens with two attached hydrogens (primary N) is 1. The van der Waals surface area contributed by atoms with E-state index in [1.807, 2.05) is 6.92 Å². The van der Waals surface area contributed by atoms with Gasteiger partial charge >= 0.3 is 6.03 Å². The first-order valence-electron chi connectivity index (χ1n) is 9.45. The summed E-state index contributed by atoms with van der Waals surface area (Å²) in [6.45, 7) is 3.07. The summed E-state index contributed by atoms with van der Waals surface area (Å²) < 4.78 is 27.2. The van der Waals surface area contributed by atoms with Crippen molar-refractivity contribution in [2.45, 2.75) is 13.3 Å². The number of nitrogens with zero attached hydrogens (tertiary/aromatic N) is 4. The molecule has 0 atom stereocenters. The van der Waals surface area contributed by atoms with Crippen LogP contribution in [0, 0.1) is 24.5 Å². The summed E-state index contributed by atoms with van der Waals surface area (Å²) in [5, 5.41) is 2.68. The number of carbonyl (C=O) groups is 1. The van der Waals surface area contributed by atoms with Crippen molar-refractivity contribution in [1.82, 2.24) is 19.9 Å². The first-order valence-corrected chi connectivity index (χ1v) is 9.45. The molecule has 7 nitrogen and oxygen atoms in total. The van der Waals surface area contributed by atoms with Gasteiger partial charge in [-0.05, 0) is 43.5 Å². The number of aryl methyl sites for hydroxylation is 1. The highest BCUT2D eigenvalue weighted by atomic mass is 19.1. The Bertz CT molecular complexity index is 1100. The van der Waals surface area contributed by atoms with Gasteiger partial charge in [-0.1, -0.05) is 0 Å². The molecule has 30 heavy (non-hydrogen) atoms. The predicted molar refractivity (Wildman–Crippen MR) is 109 cm³/mol. The van der Waals surface area contributed by atoms with Crippen LogP contribution in [0.25, 0.3) is 11.3 Å². The van der Waals surface area contributed by atoms with Crippen LogP contribution in [0.4, 0.5) is 25.1 Å². The fourth-order valence-corrected chi connectivity index (χ4v) is 3.37. The molecule has 1 fully saturated rings. The molecule has 0 spiro atoms. The second kappa shape index (κ2) is 8.02. The molecule has 0 radical (unpaired) electrons. The van der Waals surface area contributed by atoms with E-state index in [9.17, 15) is 13.6 Å². The molecule has 2 aromatic heterocycles. The van der Waals surface area contributed by atoms with Crippen LogP contribution in [0.3, 0.4) is 0 Å². The van der Waals surface area contributed by atoms with Crippen LogP contribution in [0.5, 0.6) is 0 Å². The van der Waals surface area contributed by atoms with Crippen LogP contribution in [0.15, 0.2) is 42.7 Å². The Labute approximate surface area is 172 Å². The standard InChI is InChI=1S/C21H20F2N6O/c1-12-19(26-7-6-25-12)8-13-10-29(11-13)21(30)28-20-17(24)4-5-18(27-20)15-3-2-14(22)9-16(15)23/h2-7,9,13H,8,10-11,24H2,1H3,(H,27,28,30). The van der Waals surface area contributed by atoms with Crippen molar-refractivity contribution in [2.24, 2.45) is 5.92 Å². The van der Waals surface area contributed by atoms with Crippen LogP contribution in [0.1, 0.15) is 11.4 Å². The molecule has 1 aliphatic rings. The maximum Gasteiger partial charge on any atom is 0.323 e. The smallest absolute Gasteiger partial charge is 0.323 e. The summed E-state index contributed by atoms with van der Waals surface area (Å²) in [4.78, 5) is 27.0. The number of hydrogen-bond donors (Lipinski definition) is 2. The molecule has 1 aliphatic heterocycles. The number of rotatable bonds is 4. The topological polar surface area (TPSA) is 97.0 Å². The SMILES string of the molecule is Cc1nccnc1CC1CN(C(=O)Nc2nc(-c3ccc(F)cc3F)ccc2N)C1. The molecule has 3 N–H and O–H groups in total. The van der Waals surface area contributed by atoms with E-state index >= 15 is 0 Å². The van der Waals surface area contributed by atoms with Crippen molar-refractivity contribution in [3.8, 4) is 11.3 Å². The summed E-state index contributed by atoms with van der Waals surface area (Å²) in [5.41, 5.74) is 8.36. The third-order valence-electron chi connectivity index (χ3n) is 5.07. The predicted octanol–water partition coefficient (Wildman–Crippen LogP) is 3.41. The Morgan fingerprint density at radius 3 is 2.70 bits per heavy atom. The van der Waals surface area contributed by atoms with E-state index < -0.39 is 11.6 Å². The Balaban J connectivity index is 1.41. The average molecular weight is 410 g/mol. The fraction of sp³-hybridized carbons (Fsp3) is 0.238. The van der Waals surface area contributed by atoms with Crippen molar-refractivity contribution >= 4 is 17.5 Å². The Morgan fingerprint density at radius 1 is 1.20 bits per heavy atom. The molecule has 154 valence electrons. The van der Waals surface area contributed by atoms with Gasteiger partial charge in [-0.15, -0.1) is 0 Å². The molecule has 0 saturated carbocycles. The minimum absolute atomic E-state index is 0.121. The Morgan fingerprint density at radius 2 is 1.97 bits per heavy atom. The average Bonchev–Trinajstić information content (AvgIpc) is 2.67. The maximum atomic E-state index is 14.1. The van der Waals surface area contributed by atoms with Gasteiger partial charge in [-0.25, -0.2) is 18.6 Å². The zero-order chi connectivity index (χ0) is 21.3. The normalized spacial score (nSPS) is 13.8. The summed E-state index contributed by atoms with van der Waals surface area (Å²) in [6, 6.07) is 5.93. The van der Waals surface area contributed by atoms with Gasteiger partial charge < -0.3 is 10.6 Å². The number of pyridine rings is 1. The zero-order valence-electron chi connectivity index (χ0n) is 16.3. The number of carbonyl (C=O) groups excluding carboxylic acids is 1. The van der Waals surface area contributed by atoms with Crippen molar-refractivity contribution in [1.29, 1.82) is 0 Å². The minimum Gasteiger partial charge on any atom is -0.396 e. The van der Waals surface area contributed by atoms with Gasteiger partial charge in [-0.3, -0.25) is 15.3 Å². The lowest BCUT2D eigenvalue weighted by atomic mass is 9.94. The molecule has 1 aromatic carbocycles. The van der Waals surface area contributed by atoms with Gasteiger partial charge in [0.1, 0.15) is 11.6 Å². The van der Waals surface area contributed by atoms with Crippen molar-refractivity contribution in [3.63, 3.8) is 0 Å². The lowest BCUT2D eigenvalue weighted by Crippen LogP contribution is -2.52. The van der Waals surface area contributed by atoms with E-state index in [0.29, 0.717) is 19.0 Å². The largest absolute Gasteiger partial charge is 0.396 e. The molecule has 2 amide bonds. The van der Waals surface area contributed by atoms with Crippen molar-refractivity contribution < 1.29 is 13.6 Å². The molecule has 3 aromatic rings. The highest BCUT2D eigenvalue weighted by Gasteiger charge is 2.31. The van der Waals surface area contributed by atoms with Crippen LogP contribution in [-0.2, 0) is 6.42 Å². The van der Waals surface area contributed by atoms with E-state index in [4.69, 9.17) is 5.73 Å². The summed E-state index contributed by atoms with van der Waals surface area (Å²) >= 11 is 0. The number of amides is 2. The highest BCUT2D eigenvalue weighted by Crippen LogP contribution is 2.27. The van der Waals surface area contributed by atoms with Gasteiger partial charge in [-0.2, -0.15) is 0 Å². The second-order valence-electron chi connectivity index (χ2n) is 7.25. The molecule has 9 heteroatoms. The first-order chi connectivity index (χ1) is 14.4. The quantitative estimate of drug-likeness (QED) is 0.687. The van der Waals surface area contributed by atoms with Gasteiger partial charge in [0.25, 0.3) is 0 Å². The monoisotopic (exact) mass is 410 g/mol. The number of likely N-dealkylation sites (tertiary alicyclic amines) is 1. The van der Waals surface area contributed by atoms with E-state index in [0.717, 1.165) is 29.9 Å². The molecular formula is C21H20F2N6O. The minimum atomic E-state index is -0.741. The molecule has 1 saturated heterocycles. The third-order valence-corrected chi connectivity index (χ3v) is 5.07. The molecule has 0 bridgehead atoms. The van der Waals surface area contributed by atoms with E-state index in [2.05, 4.69) is 20.3 Å². The Kier molecular flexibility index (Phi) is 5.26. The molecule has 3 heterocycles. The highest BCUT2D eigenvalue weighted by molar-refractivity contribution is 5.92. The molecule has 0 aliphatic carbocycles. The zero-order valence-corrected chi connectivity index (χ0v) is 16.3. The van der Waals surface area contributed by atoms with Crippen LogP contribution < -0.4 is 11.1 Å². The van der Waals surface area contributed by atoms with Crippen LogP contribution >= 0.6 is 0 Å². The summed E-state index contributed by atoms with van der Waals surface area (Å²) in [6.07, 6.45) is 4.07. The van der Waals surface area contributed by atoms with E-state index in [-0.39, 0.29) is 28.8 Å². The second-order valence-corrected chi connectivity index (χ2v) is 7.25. The van der Waals surface area contributed by atoms with E-state index in [1.165, 1.54) is 18.2 Å². The number of nitrogen functional groups attached to an aromatic ring is 1. The number of urea groups is 1. The fourth-order valence-electron chi connectivity index (χ4n) is 3.37. The number of halogens is 2. The number of anilines is 2. The number of hydrogen-bond acceptors (Lipinski definition) is 5. The number of nitrogens with one attached hydrogen (secondary N) is 1. The molecular weight excluding hydrogens is 390 g/mol. The third kappa shape index (κ3) is 4.05. The van der Waals surface area contributed by atoms with Crippen LogP contribution in [-0.4, -0.2) is 39.0 Å². The Hall–Kier alpha value is -3.62. The van der Waals surface area contributed by atoms with Crippen molar-refractivity contribution in [3.05, 3.63) is 65.7 Å². The van der Waals surface area contributed by atoms with Gasteiger partial charge in [0.2, 0.25) is 0 Å². The lowest BCUT2D eigenvalue weighted by Gasteiger charge is -2.39. The van der Waals surface area contributed by atoms with Crippen LogP contribution in [0.2, 0.25) is 0 Å². The summed E-state index contributed by atoms with van der Waals surface area (Å²) in [7, 11) is 0. The molecule has 4 rings (SSSR count). The molecule has 0 unspecified atom stereocenters. The maximum absolute atomic E-state index is 14.1. The van der Waals surface area contributed by atoms with Gasteiger partial charge in [0.05, 0.1) is 22.8 Å². The lowest BCUT2D eigenvalue weighted by molar-refractivity contribution is 0.130. The van der Waals surface area contributed by atoms with E-state index in [1.54, 1.807) is 17.3 Å². The summed E-state index contributed by atoms with van der Waals surface area (Å²) in [5.74, 6) is -0.982. The van der Waals surface area contributed by atoms with Gasteiger partial charge in [0.15, 0.2) is 5.82 Å². The van der Waals surface area contributed by atoms with Gasteiger partial charge in [0, 0.05) is 37.1 Å². The number of aromatic nitrogens is 3. The van der Waals surface area contributed by atoms with Crippen molar-refractivity contribution in [2.75, 3.05) is 24.1 Å². The number of benzene rings is 1. The first kappa shape index (κ1) is 19.7.